The van der Waals surface area contributed by atoms with E-state index in [9.17, 15) is 0 Å². The molecule has 0 saturated carbocycles. The summed E-state index contributed by atoms with van der Waals surface area (Å²) in [6, 6.07) is 101. The van der Waals surface area contributed by atoms with Crippen molar-refractivity contribution in [2.24, 2.45) is 0 Å². The highest BCUT2D eigenvalue weighted by Gasteiger charge is 2.46. The lowest BCUT2D eigenvalue weighted by molar-refractivity contribution is 0.571. The molecule has 602 valence electrons. The summed E-state index contributed by atoms with van der Waals surface area (Å²) < 4.78 is 5.12. The molecule has 17 rings (SSSR count). The molecule has 119 heavy (non-hydrogen) atoms. The lowest BCUT2D eigenvalue weighted by atomic mass is 9.33. The number of aromatic nitrogens is 2. The number of hydrogen-bond acceptors (Lipinski definition) is 2. The molecule has 0 atom stereocenters. The van der Waals surface area contributed by atoms with Gasteiger partial charge in [0.05, 0.1) is 33.4 Å². The molecule has 5 heteroatoms. The quantitative estimate of drug-likeness (QED) is 0.141. The SMILES string of the molecule is CC(C)(C)c1ccc(-c2ccc(-c3c(C(C)(C)C)cccc3C(C)(C)C)cc2N2c3cc(-n4c5ccccc5c5cc(C(C)(C)C)ccc54)ccc3B3c4ccc(-n5c6ccccc6c6cc(C(C)(C)C)ccc65)cc4N(c4cc(-c5c(C(C)(C)C)cccc5C(C)(C)C)ccc4-c4ccc(C(C)(C)C)cc4)c4cc(C(C)(C)C)cc2c43)cc1. The van der Waals surface area contributed by atoms with Crippen LogP contribution in [-0.4, -0.2) is 15.8 Å². The van der Waals surface area contributed by atoms with Gasteiger partial charge in [0, 0.05) is 66.8 Å². The summed E-state index contributed by atoms with van der Waals surface area (Å²) in [4.78, 5) is 5.53. The van der Waals surface area contributed by atoms with Crippen LogP contribution in [0.4, 0.5) is 34.1 Å². The average Bonchev–Trinajstić information content (AvgIpc) is 0.724. The standard InChI is InChI=1S/C114H123BN4/c1-106(2,3)74-48-42-70(43-49-74)81-56-46-72(103-87(111(16,17)18)36-32-37-88(103)112(19,20)21)62-97(81)118-99-68-79(116-93-40-30-28-34-83(93)85-64-76(108(7,8)9)52-60-95(85)116)54-58-91(99)115-92-59-55-80(117-94-41-31-29-35-84(94)86-65-77(109(10,11)12)53-61-96(86)117)69-100(92)119(102-67-78(110(13,14)15)66-101(118)105(102)115)98-63-73(47-57-82(98)71-44-50-75(51-45-71)107(4,5)6)104-89(113(22,23)24)38-33-39-90(104)114(25,26)27/h28-69H,1-27H3. The zero-order valence-electron chi connectivity index (χ0n) is 76.1. The Bertz CT molecular complexity index is 6120. The Morgan fingerprint density at radius 1 is 0.210 bits per heavy atom. The lowest BCUT2D eigenvalue weighted by Crippen LogP contribution is -2.61. The number of nitrogens with zero attached hydrogens (tertiary/aromatic N) is 4. The minimum Gasteiger partial charge on any atom is -0.311 e. The van der Waals surface area contributed by atoms with Crippen molar-refractivity contribution in [1.29, 1.82) is 0 Å². The Morgan fingerprint density at radius 2 is 0.521 bits per heavy atom. The Hall–Kier alpha value is -10.9. The second-order valence-corrected chi connectivity index (χ2v) is 44.0. The Morgan fingerprint density at radius 3 is 0.849 bits per heavy atom. The molecule has 4 nitrogen and oxygen atoms in total. The van der Waals surface area contributed by atoms with Crippen molar-refractivity contribution in [3.05, 3.63) is 305 Å². The van der Waals surface area contributed by atoms with Gasteiger partial charge in [-0.25, -0.2) is 0 Å². The van der Waals surface area contributed by atoms with Gasteiger partial charge >= 0.3 is 0 Å². The van der Waals surface area contributed by atoms with E-state index in [2.05, 4.69) is 461 Å². The molecule has 2 aliphatic rings. The van der Waals surface area contributed by atoms with Crippen molar-refractivity contribution >= 4 is 101 Å². The van der Waals surface area contributed by atoms with Crippen LogP contribution in [0.25, 0.3) is 99.5 Å². The summed E-state index contributed by atoms with van der Waals surface area (Å²) in [5.74, 6) is 0. The molecule has 13 aromatic carbocycles. The molecule has 0 aliphatic carbocycles. The van der Waals surface area contributed by atoms with Crippen LogP contribution in [0.3, 0.4) is 0 Å². The van der Waals surface area contributed by atoms with Crippen LogP contribution in [0.2, 0.25) is 0 Å². The molecule has 2 aliphatic heterocycles. The van der Waals surface area contributed by atoms with E-state index in [-0.39, 0.29) is 55.4 Å². The lowest BCUT2D eigenvalue weighted by Gasteiger charge is -2.46. The summed E-state index contributed by atoms with van der Waals surface area (Å²) in [7, 11) is 0. The molecule has 0 unspecified atom stereocenters. The van der Waals surface area contributed by atoms with E-state index in [4.69, 9.17) is 0 Å². The first-order valence-corrected chi connectivity index (χ1v) is 43.7. The van der Waals surface area contributed by atoms with Crippen LogP contribution < -0.4 is 26.2 Å². The zero-order valence-corrected chi connectivity index (χ0v) is 76.1. The molecular formula is C114H123BN4. The monoisotopic (exact) mass is 1560 g/mol. The van der Waals surface area contributed by atoms with E-state index in [1.807, 2.05) is 0 Å². The molecule has 0 spiro atoms. The number of fused-ring (bicyclic) bond motifs is 10. The van der Waals surface area contributed by atoms with Crippen molar-refractivity contribution in [1.82, 2.24) is 9.13 Å². The first kappa shape index (κ1) is 80.5. The maximum absolute atomic E-state index is 2.77. The molecule has 0 saturated heterocycles. The summed E-state index contributed by atoms with van der Waals surface area (Å²) in [5, 5.41) is 5.00. The number of para-hydroxylation sites is 2. The maximum atomic E-state index is 2.77. The van der Waals surface area contributed by atoms with Gasteiger partial charge in [-0.05, 0) is 234 Å². The highest BCUT2D eigenvalue weighted by atomic mass is 15.2. The van der Waals surface area contributed by atoms with Gasteiger partial charge in [-0.2, -0.15) is 0 Å². The molecule has 2 aromatic heterocycles. The normalized spacial score (nSPS) is 13.8. The minimum atomic E-state index is -0.353. The molecule has 0 fully saturated rings. The third kappa shape index (κ3) is 14.0. The third-order valence-electron chi connectivity index (χ3n) is 26.0. The van der Waals surface area contributed by atoms with E-state index in [0.717, 1.165) is 45.3 Å². The van der Waals surface area contributed by atoms with Crippen LogP contribution in [0.1, 0.15) is 237 Å². The van der Waals surface area contributed by atoms with E-state index in [1.165, 1.54) is 155 Å². The third-order valence-corrected chi connectivity index (χ3v) is 26.0. The van der Waals surface area contributed by atoms with Crippen molar-refractivity contribution in [3.63, 3.8) is 0 Å². The first-order chi connectivity index (χ1) is 55.7. The highest BCUT2D eigenvalue weighted by Crippen LogP contribution is 2.55. The molecule has 0 bridgehead atoms. The van der Waals surface area contributed by atoms with Crippen molar-refractivity contribution < 1.29 is 0 Å². The molecular weight excluding hydrogens is 1440 g/mol. The average molecular weight is 1560 g/mol. The Balaban J connectivity index is 1.06. The second-order valence-electron chi connectivity index (χ2n) is 44.0. The predicted molar refractivity (Wildman–Crippen MR) is 519 cm³/mol. The highest BCUT2D eigenvalue weighted by molar-refractivity contribution is 7.00. The largest absolute Gasteiger partial charge is 0.311 e. The first-order valence-electron chi connectivity index (χ1n) is 43.7. The van der Waals surface area contributed by atoms with Gasteiger partial charge < -0.3 is 18.9 Å². The fourth-order valence-electron chi connectivity index (χ4n) is 19.4. The van der Waals surface area contributed by atoms with Gasteiger partial charge in [0.1, 0.15) is 0 Å². The van der Waals surface area contributed by atoms with Crippen molar-refractivity contribution in [3.8, 4) is 55.9 Å². The predicted octanol–water partition coefficient (Wildman–Crippen LogP) is 30.3. The fourth-order valence-corrected chi connectivity index (χ4v) is 19.4. The summed E-state index contributed by atoms with van der Waals surface area (Å²) in [6.45, 7) is 63.7. The van der Waals surface area contributed by atoms with Crippen LogP contribution in [-0.2, 0) is 48.7 Å². The second kappa shape index (κ2) is 27.9. The smallest absolute Gasteiger partial charge is 0.252 e. The van der Waals surface area contributed by atoms with Gasteiger partial charge in [-0.15, -0.1) is 0 Å². The molecule has 0 radical (unpaired) electrons. The summed E-state index contributed by atoms with van der Waals surface area (Å²) in [5.41, 5.74) is 37.8. The van der Waals surface area contributed by atoms with Gasteiger partial charge in [0.15, 0.2) is 0 Å². The van der Waals surface area contributed by atoms with E-state index in [1.54, 1.807) is 0 Å². The van der Waals surface area contributed by atoms with E-state index >= 15 is 0 Å². The fraction of sp³-hybridized carbons (Fsp3) is 0.316. The maximum Gasteiger partial charge on any atom is 0.252 e. The van der Waals surface area contributed by atoms with Gasteiger partial charge in [-0.1, -0.05) is 357 Å². The van der Waals surface area contributed by atoms with Crippen LogP contribution in [0.15, 0.2) is 255 Å². The number of hydrogen-bond donors (Lipinski definition) is 0. The van der Waals surface area contributed by atoms with Crippen molar-refractivity contribution in [2.45, 2.75) is 236 Å². The Kier molecular flexibility index (Phi) is 18.9. The van der Waals surface area contributed by atoms with E-state index < -0.39 is 0 Å². The van der Waals surface area contributed by atoms with E-state index in [0.29, 0.717) is 0 Å². The molecule has 4 heterocycles. The number of benzene rings is 13. The van der Waals surface area contributed by atoms with Gasteiger partial charge in [-0.3, -0.25) is 0 Å². The van der Waals surface area contributed by atoms with Crippen LogP contribution in [0, 0.1) is 0 Å². The van der Waals surface area contributed by atoms with Crippen LogP contribution >= 0.6 is 0 Å². The Labute approximate surface area is 711 Å². The molecule has 0 N–H and O–H groups in total. The topological polar surface area (TPSA) is 16.3 Å². The minimum absolute atomic E-state index is 0.0516. The number of rotatable bonds is 8. The number of anilines is 6. The molecule has 0 amide bonds. The summed E-state index contributed by atoms with van der Waals surface area (Å²) in [6.07, 6.45) is 0. The summed E-state index contributed by atoms with van der Waals surface area (Å²) >= 11 is 0. The van der Waals surface area contributed by atoms with Gasteiger partial charge in [0.25, 0.3) is 6.71 Å². The molecule has 15 aromatic rings. The van der Waals surface area contributed by atoms with Crippen molar-refractivity contribution in [2.75, 3.05) is 9.80 Å². The van der Waals surface area contributed by atoms with Gasteiger partial charge in [0.2, 0.25) is 0 Å². The zero-order chi connectivity index (χ0) is 84.9. The van der Waals surface area contributed by atoms with Crippen LogP contribution in [0.5, 0.6) is 0 Å².